The van der Waals surface area contributed by atoms with Gasteiger partial charge in [-0.25, -0.2) is 4.98 Å². The van der Waals surface area contributed by atoms with E-state index in [0.29, 0.717) is 32.1 Å². The second-order valence-corrected chi connectivity index (χ2v) is 9.10. The highest BCUT2D eigenvalue weighted by Crippen LogP contribution is 2.45. The number of carboxylic acids is 1. The predicted octanol–water partition coefficient (Wildman–Crippen LogP) is 2.42. The number of aromatic nitrogens is 2. The summed E-state index contributed by atoms with van der Waals surface area (Å²) in [6, 6.07) is 0. The van der Waals surface area contributed by atoms with E-state index >= 15 is 0 Å². The van der Waals surface area contributed by atoms with Crippen molar-refractivity contribution in [1.82, 2.24) is 19.8 Å². The Bertz CT molecular complexity index is 717. The molecule has 0 aromatic carbocycles. The van der Waals surface area contributed by atoms with E-state index in [1.165, 1.54) is 6.42 Å². The Kier molecular flexibility index (Phi) is 5.45. The molecule has 154 valence electrons. The number of carboxylic acid groups (broad SMARTS) is 1. The van der Waals surface area contributed by atoms with Crippen molar-refractivity contribution in [2.75, 3.05) is 26.2 Å². The molecule has 1 aromatic rings. The van der Waals surface area contributed by atoms with Crippen molar-refractivity contribution in [2.24, 2.45) is 17.3 Å². The standard InChI is InChI=1S/C21H32N4O3/c1-15-11-22-18(23-15)13-24-12-17(20(27)28)21(14-24)7-9-25(10-8-21)19(26)16-5-3-2-4-6-16/h11,16-17H,2-10,12-14H2,1H3,(H,22,23)(H,27,28). The molecule has 1 aromatic heterocycles. The Morgan fingerprint density at radius 2 is 1.96 bits per heavy atom. The average Bonchev–Trinajstić information content (AvgIpc) is 3.26. The van der Waals surface area contributed by atoms with E-state index in [0.717, 1.165) is 56.6 Å². The van der Waals surface area contributed by atoms with Gasteiger partial charge in [0.05, 0.1) is 12.5 Å². The molecule has 1 atom stereocenters. The van der Waals surface area contributed by atoms with Crippen molar-refractivity contribution in [3.8, 4) is 0 Å². The van der Waals surface area contributed by atoms with E-state index in [2.05, 4.69) is 14.9 Å². The number of carbonyl (C=O) groups excluding carboxylic acids is 1. The molecule has 2 saturated heterocycles. The number of rotatable bonds is 4. The van der Waals surface area contributed by atoms with E-state index in [1.807, 2.05) is 18.0 Å². The highest BCUT2D eigenvalue weighted by atomic mass is 16.4. The number of hydrogen-bond donors (Lipinski definition) is 2. The smallest absolute Gasteiger partial charge is 0.308 e. The fourth-order valence-corrected chi connectivity index (χ4v) is 5.58. The average molecular weight is 389 g/mol. The van der Waals surface area contributed by atoms with E-state index in [-0.39, 0.29) is 17.3 Å². The van der Waals surface area contributed by atoms with Gasteiger partial charge in [-0.1, -0.05) is 19.3 Å². The highest BCUT2D eigenvalue weighted by molar-refractivity contribution is 5.79. The van der Waals surface area contributed by atoms with Crippen molar-refractivity contribution in [3.63, 3.8) is 0 Å². The molecule has 0 bridgehead atoms. The van der Waals surface area contributed by atoms with Gasteiger partial charge in [-0.2, -0.15) is 0 Å². The Morgan fingerprint density at radius 1 is 1.25 bits per heavy atom. The summed E-state index contributed by atoms with van der Waals surface area (Å²) >= 11 is 0. The van der Waals surface area contributed by atoms with E-state index in [4.69, 9.17) is 0 Å². The van der Waals surface area contributed by atoms with Gasteiger partial charge in [0, 0.05) is 49.4 Å². The molecule has 28 heavy (non-hydrogen) atoms. The van der Waals surface area contributed by atoms with Crippen molar-refractivity contribution in [3.05, 3.63) is 17.7 Å². The summed E-state index contributed by atoms with van der Waals surface area (Å²) in [7, 11) is 0. The van der Waals surface area contributed by atoms with Crippen LogP contribution >= 0.6 is 0 Å². The lowest BCUT2D eigenvalue weighted by molar-refractivity contribution is -0.147. The first kappa shape index (κ1) is 19.4. The van der Waals surface area contributed by atoms with Gasteiger partial charge in [0.2, 0.25) is 5.91 Å². The largest absolute Gasteiger partial charge is 0.481 e. The maximum absolute atomic E-state index is 12.9. The summed E-state index contributed by atoms with van der Waals surface area (Å²) in [5.74, 6) is 0.326. The van der Waals surface area contributed by atoms with Gasteiger partial charge in [-0.15, -0.1) is 0 Å². The maximum atomic E-state index is 12.9. The first-order valence-corrected chi connectivity index (χ1v) is 10.7. The zero-order chi connectivity index (χ0) is 19.7. The third-order valence-corrected chi connectivity index (χ3v) is 7.17. The van der Waals surface area contributed by atoms with Crippen LogP contribution in [0.4, 0.5) is 0 Å². The molecular formula is C21H32N4O3. The van der Waals surface area contributed by atoms with Crippen LogP contribution in [0.25, 0.3) is 0 Å². The number of amides is 1. The van der Waals surface area contributed by atoms with Gasteiger partial charge in [-0.05, 0) is 32.6 Å². The van der Waals surface area contributed by atoms with Gasteiger partial charge in [0.1, 0.15) is 5.82 Å². The SMILES string of the molecule is Cc1cnc(CN2CC(C(=O)O)C3(CCN(C(=O)C4CCCCC4)CC3)C2)[nH]1. The second-order valence-electron chi connectivity index (χ2n) is 9.10. The third kappa shape index (κ3) is 3.81. The highest BCUT2D eigenvalue weighted by Gasteiger charge is 2.52. The van der Waals surface area contributed by atoms with Gasteiger partial charge in [0.15, 0.2) is 0 Å². The lowest BCUT2D eigenvalue weighted by atomic mass is 9.70. The minimum absolute atomic E-state index is 0.195. The lowest BCUT2D eigenvalue weighted by Crippen LogP contribution is -2.49. The zero-order valence-electron chi connectivity index (χ0n) is 16.8. The van der Waals surface area contributed by atoms with E-state index in [1.54, 1.807) is 0 Å². The molecular weight excluding hydrogens is 356 g/mol. The van der Waals surface area contributed by atoms with Crippen LogP contribution in [0.5, 0.6) is 0 Å². The first-order chi connectivity index (χ1) is 13.5. The third-order valence-electron chi connectivity index (χ3n) is 7.17. The molecule has 0 radical (unpaired) electrons. The molecule has 3 aliphatic rings. The molecule has 4 rings (SSSR count). The number of H-pyrrole nitrogens is 1. The molecule has 2 aliphatic heterocycles. The molecule has 1 spiro atoms. The number of hydrogen-bond acceptors (Lipinski definition) is 4. The minimum Gasteiger partial charge on any atom is -0.481 e. The maximum Gasteiger partial charge on any atom is 0.308 e. The fraction of sp³-hybridized carbons (Fsp3) is 0.762. The molecule has 1 aliphatic carbocycles. The second kappa shape index (κ2) is 7.85. The lowest BCUT2D eigenvalue weighted by Gasteiger charge is -2.42. The van der Waals surface area contributed by atoms with Gasteiger partial charge in [-0.3, -0.25) is 14.5 Å². The summed E-state index contributed by atoms with van der Waals surface area (Å²) in [4.78, 5) is 36.7. The number of nitrogens with zero attached hydrogens (tertiary/aromatic N) is 3. The predicted molar refractivity (Wildman–Crippen MR) is 105 cm³/mol. The Hall–Kier alpha value is -1.89. The van der Waals surface area contributed by atoms with Crippen LogP contribution in [0, 0.1) is 24.2 Å². The van der Waals surface area contributed by atoms with Gasteiger partial charge < -0.3 is 15.0 Å². The summed E-state index contributed by atoms with van der Waals surface area (Å²) in [5.41, 5.74) is 0.796. The summed E-state index contributed by atoms with van der Waals surface area (Å²) in [6.45, 7) is 5.37. The van der Waals surface area contributed by atoms with Crippen LogP contribution in [-0.4, -0.2) is 62.9 Å². The first-order valence-electron chi connectivity index (χ1n) is 10.7. The Morgan fingerprint density at radius 3 is 2.57 bits per heavy atom. The van der Waals surface area contributed by atoms with Crippen LogP contribution in [0.1, 0.15) is 56.5 Å². The molecule has 3 fully saturated rings. The number of aryl methyl sites for hydroxylation is 1. The Labute approximate surface area is 166 Å². The van der Waals surface area contributed by atoms with Crippen LogP contribution in [0.15, 0.2) is 6.20 Å². The molecule has 7 nitrogen and oxygen atoms in total. The molecule has 7 heteroatoms. The van der Waals surface area contributed by atoms with Gasteiger partial charge in [0.25, 0.3) is 0 Å². The number of imidazole rings is 1. The molecule has 1 amide bonds. The zero-order valence-corrected chi connectivity index (χ0v) is 16.8. The molecule has 2 N–H and O–H groups in total. The van der Waals surface area contributed by atoms with Crippen LogP contribution in [0.3, 0.4) is 0 Å². The summed E-state index contributed by atoms with van der Waals surface area (Å²) < 4.78 is 0. The van der Waals surface area contributed by atoms with Crippen molar-refractivity contribution >= 4 is 11.9 Å². The number of aromatic amines is 1. The molecule has 3 heterocycles. The van der Waals surface area contributed by atoms with Crippen molar-refractivity contribution < 1.29 is 14.7 Å². The van der Waals surface area contributed by atoms with Crippen LogP contribution in [0.2, 0.25) is 0 Å². The van der Waals surface area contributed by atoms with E-state index < -0.39 is 5.97 Å². The summed E-state index contributed by atoms with van der Waals surface area (Å²) in [5, 5.41) is 9.87. The fourth-order valence-electron chi connectivity index (χ4n) is 5.58. The number of likely N-dealkylation sites (tertiary alicyclic amines) is 2. The number of nitrogens with one attached hydrogen (secondary N) is 1. The van der Waals surface area contributed by atoms with E-state index in [9.17, 15) is 14.7 Å². The van der Waals surface area contributed by atoms with Gasteiger partial charge >= 0.3 is 5.97 Å². The van der Waals surface area contributed by atoms with Crippen molar-refractivity contribution in [1.29, 1.82) is 0 Å². The number of carbonyl (C=O) groups is 2. The Balaban J connectivity index is 1.40. The monoisotopic (exact) mass is 388 g/mol. The quantitative estimate of drug-likeness (QED) is 0.827. The number of piperidine rings is 1. The summed E-state index contributed by atoms with van der Waals surface area (Å²) in [6.07, 6.45) is 9.01. The topological polar surface area (TPSA) is 89.5 Å². The van der Waals surface area contributed by atoms with Crippen LogP contribution in [-0.2, 0) is 16.1 Å². The van der Waals surface area contributed by atoms with Crippen molar-refractivity contribution in [2.45, 2.75) is 58.4 Å². The van der Waals surface area contributed by atoms with Crippen LogP contribution < -0.4 is 0 Å². The normalized spacial score (nSPS) is 26.0. The molecule has 1 unspecified atom stereocenters. The number of aliphatic carboxylic acids is 1. The minimum atomic E-state index is -0.704. The molecule has 1 saturated carbocycles.